The van der Waals surface area contributed by atoms with Crippen molar-refractivity contribution in [3.05, 3.63) is 24.0 Å². The number of allylic oxidation sites excluding steroid dienone is 3. The van der Waals surface area contributed by atoms with Crippen molar-refractivity contribution in [3.63, 3.8) is 0 Å². The highest BCUT2D eigenvalue weighted by atomic mass is 16.3. The van der Waals surface area contributed by atoms with Gasteiger partial charge in [0.15, 0.2) is 0 Å². The molecule has 1 atom stereocenters. The van der Waals surface area contributed by atoms with Gasteiger partial charge in [0.25, 0.3) is 0 Å². The molecule has 1 aliphatic rings. The van der Waals surface area contributed by atoms with Gasteiger partial charge in [-0.25, -0.2) is 0 Å². The molecule has 0 saturated heterocycles. The Bertz CT molecular complexity index is 201. The Morgan fingerprint density at radius 3 is 2.55 bits per heavy atom. The van der Waals surface area contributed by atoms with Gasteiger partial charge in [0.05, 0.1) is 0 Å². The Morgan fingerprint density at radius 1 is 1.55 bits per heavy atom. The van der Waals surface area contributed by atoms with Gasteiger partial charge in [0.1, 0.15) is 5.76 Å². The number of hydrogen-bond acceptors (Lipinski definition) is 1. The maximum Gasteiger partial charge on any atom is 0.111 e. The van der Waals surface area contributed by atoms with Gasteiger partial charge in [0, 0.05) is 0 Å². The van der Waals surface area contributed by atoms with E-state index in [1.165, 1.54) is 0 Å². The Hall–Kier alpha value is -0.720. The van der Waals surface area contributed by atoms with Crippen molar-refractivity contribution < 1.29 is 5.11 Å². The minimum absolute atomic E-state index is 0.152. The van der Waals surface area contributed by atoms with Crippen LogP contribution in [0.25, 0.3) is 0 Å². The van der Waals surface area contributed by atoms with Crippen LogP contribution in [0.5, 0.6) is 0 Å². The molecule has 1 rings (SSSR count). The summed E-state index contributed by atoms with van der Waals surface area (Å²) in [5.74, 6) is 0.988. The molecule has 0 saturated carbocycles. The molecular formula is C10H16O. The van der Waals surface area contributed by atoms with Gasteiger partial charge in [-0.1, -0.05) is 26.8 Å². The second-order valence-corrected chi connectivity index (χ2v) is 3.84. The highest BCUT2D eigenvalue weighted by molar-refractivity contribution is 5.21. The summed E-state index contributed by atoms with van der Waals surface area (Å²) in [5, 5.41) is 9.27. The lowest BCUT2D eigenvalue weighted by molar-refractivity contribution is 0.280. The summed E-state index contributed by atoms with van der Waals surface area (Å²) in [6.07, 6.45) is 6.80. The fourth-order valence-electron chi connectivity index (χ4n) is 1.28. The van der Waals surface area contributed by atoms with E-state index in [1.54, 1.807) is 6.08 Å². The summed E-state index contributed by atoms with van der Waals surface area (Å²) in [4.78, 5) is 0. The molecule has 0 aromatic heterocycles. The van der Waals surface area contributed by atoms with E-state index < -0.39 is 0 Å². The summed E-state index contributed by atoms with van der Waals surface area (Å²) in [6, 6.07) is 0. The summed E-state index contributed by atoms with van der Waals surface area (Å²) >= 11 is 0. The number of rotatable bonds is 1. The third-order valence-corrected chi connectivity index (χ3v) is 2.64. The van der Waals surface area contributed by atoms with E-state index in [4.69, 9.17) is 0 Å². The third kappa shape index (κ3) is 1.65. The van der Waals surface area contributed by atoms with Crippen LogP contribution in [0, 0.1) is 11.3 Å². The van der Waals surface area contributed by atoms with Crippen LogP contribution in [0.15, 0.2) is 24.0 Å². The summed E-state index contributed by atoms with van der Waals surface area (Å²) in [7, 11) is 0. The molecule has 0 heterocycles. The van der Waals surface area contributed by atoms with Gasteiger partial charge in [0.2, 0.25) is 0 Å². The van der Waals surface area contributed by atoms with Crippen LogP contribution in [-0.2, 0) is 0 Å². The second kappa shape index (κ2) is 2.72. The van der Waals surface area contributed by atoms with Gasteiger partial charge in [-0.05, 0) is 29.9 Å². The molecule has 0 aromatic rings. The predicted molar refractivity (Wildman–Crippen MR) is 47.4 cm³/mol. The largest absolute Gasteiger partial charge is 0.508 e. The van der Waals surface area contributed by atoms with E-state index in [2.05, 4.69) is 20.8 Å². The Morgan fingerprint density at radius 2 is 2.18 bits per heavy atom. The normalized spacial score (nSPS) is 30.7. The monoisotopic (exact) mass is 152 g/mol. The quantitative estimate of drug-likeness (QED) is 0.612. The number of aliphatic hydroxyl groups excluding tert-OH is 1. The molecule has 1 unspecified atom stereocenters. The lowest BCUT2D eigenvalue weighted by Gasteiger charge is -2.31. The van der Waals surface area contributed by atoms with Crippen LogP contribution in [-0.4, -0.2) is 5.11 Å². The third-order valence-electron chi connectivity index (χ3n) is 2.64. The molecule has 62 valence electrons. The smallest absolute Gasteiger partial charge is 0.111 e. The Kier molecular flexibility index (Phi) is 2.08. The Balaban J connectivity index is 2.83. The second-order valence-electron chi connectivity index (χ2n) is 3.84. The summed E-state index contributed by atoms with van der Waals surface area (Å²) < 4.78 is 0. The first-order chi connectivity index (χ1) is 5.04. The molecule has 0 aliphatic heterocycles. The van der Waals surface area contributed by atoms with E-state index in [0.29, 0.717) is 11.7 Å². The predicted octanol–water partition coefficient (Wildman–Crippen LogP) is 3.05. The lowest BCUT2D eigenvalue weighted by atomic mass is 9.74. The van der Waals surface area contributed by atoms with Gasteiger partial charge in [-0.15, -0.1) is 0 Å². The summed E-state index contributed by atoms with van der Waals surface area (Å²) in [6.45, 7) is 6.54. The maximum absolute atomic E-state index is 9.27. The lowest BCUT2D eigenvalue weighted by Crippen LogP contribution is -2.22. The van der Waals surface area contributed by atoms with Crippen molar-refractivity contribution in [1.29, 1.82) is 0 Å². The molecule has 0 aromatic carbocycles. The van der Waals surface area contributed by atoms with Crippen molar-refractivity contribution in [1.82, 2.24) is 0 Å². The van der Waals surface area contributed by atoms with Crippen LogP contribution in [0.2, 0.25) is 0 Å². The van der Waals surface area contributed by atoms with Crippen LogP contribution >= 0.6 is 0 Å². The minimum atomic E-state index is 0.152. The van der Waals surface area contributed by atoms with Crippen molar-refractivity contribution in [2.24, 2.45) is 11.3 Å². The molecule has 1 aliphatic carbocycles. The Labute approximate surface area is 68.4 Å². The zero-order chi connectivity index (χ0) is 8.48. The van der Waals surface area contributed by atoms with Gasteiger partial charge < -0.3 is 5.11 Å². The van der Waals surface area contributed by atoms with E-state index in [9.17, 15) is 5.11 Å². The SMILES string of the molecule is CC(C)C1(C)C=C(O)C=CC1. The van der Waals surface area contributed by atoms with E-state index in [1.807, 2.05) is 12.2 Å². The fraction of sp³-hybridized carbons (Fsp3) is 0.600. The molecule has 1 N–H and O–H groups in total. The minimum Gasteiger partial charge on any atom is -0.508 e. The molecule has 0 bridgehead atoms. The van der Waals surface area contributed by atoms with Crippen molar-refractivity contribution in [3.8, 4) is 0 Å². The van der Waals surface area contributed by atoms with Crippen LogP contribution in [0.1, 0.15) is 27.2 Å². The van der Waals surface area contributed by atoms with E-state index in [-0.39, 0.29) is 5.41 Å². The molecule has 0 fully saturated rings. The van der Waals surface area contributed by atoms with Crippen molar-refractivity contribution in [2.75, 3.05) is 0 Å². The number of hydrogen-bond donors (Lipinski definition) is 1. The van der Waals surface area contributed by atoms with Crippen LogP contribution in [0.4, 0.5) is 0 Å². The van der Waals surface area contributed by atoms with Crippen LogP contribution in [0.3, 0.4) is 0 Å². The highest BCUT2D eigenvalue weighted by Crippen LogP contribution is 2.36. The molecule has 1 nitrogen and oxygen atoms in total. The van der Waals surface area contributed by atoms with Gasteiger partial charge in [-0.2, -0.15) is 0 Å². The molecule has 11 heavy (non-hydrogen) atoms. The molecule has 0 amide bonds. The molecule has 1 heteroatoms. The summed E-state index contributed by atoms with van der Waals surface area (Å²) in [5.41, 5.74) is 0.152. The standard InChI is InChI=1S/C10H16O/c1-8(2)10(3)6-4-5-9(11)7-10/h4-5,7-8,11H,6H2,1-3H3. The van der Waals surface area contributed by atoms with E-state index >= 15 is 0 Å². The average Bonchev–Trinajstić information content (AvgIpc) is 1.86. The van der Waals surface area contributed by atoms with Crippen molar-refractivity contribution >= 4 is 0 Å². The molecule has 0 spiro atoms. The van der Waals surface area contributed by atoms with Gasteiger partial charge in [-0.3, -0.25) is 0 Å². The first-order valence-corrected chi connectivity index (χ1v) is 4.13. The topological polar surface area (TPSA) is 20.2 Å². The van der Waals surface area contributed by atoms with Crippen molar-refractivity contribution in [2.45, 2.75) is 27.2 Å². The first-order valence-electron chi connectivity index (χ1n) is 4.13. The molecular weight excluding hydrogens is 136 g/mol. The maximum atomic E-state index is 9.27. The number of aliphatic hydroxyl groups is 1. The van der Waals surface area contributed by atoms with Crippen LogP contribution < -0.4 is 0 Å². The first kappa shape index (κ1) is 8.38. The zero-order valence-electron chi connectivity index (χ0n) is 7.46. The average molecular weight is 152 g/mol. The highest BCUT2D eigenvalue weighted by Gasteiger charge is 2.26. The van der Waals surface area contributed by atoms with Gasteiger partial charge >= 0.3 is 0 Å². The van der Waals surface area contributed by atoms with E-state index in [0.717, 1.165) is 6.42 Å². The fourth-order valence-corrected chi connectivity index (χ4v) is 1.28. The molecule has 0 radical (unpaired) electrons. The zero-order valence-corrected chi connectivity index (χ0v) is 7.46.